The third-order valence-corrected chi connectivity index (χ3v) is 2.87. The standard InChI is InChI=1S/C17H16O3/c1-12-3-4-13(2)16(11-12)20-15-8-5-14(6-9-15)7-10-17(18)19/h3-11H,1-2H3,(H,18,19)/b10-7+. The summed E-state index contributed by atoms with van der Waals surface area (Å²) < 4.78 is 5.83. The molecule has 0 aliphatic carbocycles. The fourth-order valence-electron chi connectivity index (χ4n) is 1.76. The second kappa shape index (κ2) is 6.06. The summed E-state index contributed by atoms with van der Waals surface area (Å²) in [5.41, 5.74) is 3.04. The summed E-state index contributed by atoms with van der Waals surface area (Å²) in [5.74, 6) is 0.603. The van der Waals surface area contributed by atoms with E-state index in [1.807, 2.05) is 56.3 Å². The van der Waals surface area contributed by atoms with Crippen LogP contribution in [0.25, 0.3) is 6.08 Å². The molecule has 0 aliphatic rings. The van der Waals surface area contributed by atoms with E-state index < -0.39 is 5.97 Å². The van der Waals surface area contributed by atoms with Gasteiger partial charge in [0, 0.05) is 6.08 Å². The Morgan fingerprint density at radius 1 is 1.10 bits per heavy atom. The van der Waals surface area contributed by atoms with E-state index in [0.29, 0.717) is 0 Å². The van der Waals surface area contributed by atoms with Gasteiger partial charge in [0.25, 0.3) is 0 Å². The van der Waals surface area contributed by atoms with Crippen LogP contribution in [-0.2, 0) is 4.79 Å². The molecule has 0 bridgehead atoms. The van der Waals surface area contributed by atoms with Gasteiger partial charge < -0.3 is 9.84 Å². The highest BCUT2D eigenvalue weighted by Crippen LogP contribution is 2.26. The molecule has 0 unspecified atom stereocenters. The van der Waals surface area contributed by atoms with Gasteiger partial charge in [-0.1, -0.05) is 24.3 Å². The number of carboxylic acid groups (broad SMARTS) is 1. The van der Waals surface area contributed by atoms with Crippen LogP contribution in [0.2, 0.25) is 0 Å². The third-order valence-electron chi connectivity index (χ3n) is 2.87. The highest BCUT2D eigenvalue weighted by Gasteiger charge is 2.01. The first-order valence-corrected chi connectivity index (χ1v) is 6.31. The van der Waals surface area contributed by atoms with E-state index in [9.17, 15) is 4.79 Å². The Morgan fingerprint density at radius 3 is 2.45 bits per heavy atom. The molecule has 0 amide bonds. The highest BCUT2D eigenvalue weighted by atomic mass is 16.5. The maximum Gasteiger partial charge on any atom is 0.328 e. The number of carbonyl (C=O) groups is 1. The van der Waals surface area contributed by atoms with Crippen molar-refractivity contribution in [2.24, 2.45) is 0 Å². The van der Waals surface area contributed by atoms with E-state index in [0.717, 1.165) is 34.3 Å². The van der Waals surface area contributed by atoms with Crippen molar-refractivity contribution in [3.8, 4) is 11.5 Å². The lowest BCUT2D eigenvalue weighted by Crippen LogP contribution is -1.89. The van der Waals surface area contributed by atoms with Crippen LogP contribution < -0.4 is 4.74 Å². The predicted molar refractivity (Wildman–Crippen MR) is 79.1 cm³/mol. The van der Waals surface area contributed by atoms with Gasteiger partial charge in [0.15, 0.2) is 0 Å². The van der Waals surface area contributed by atoms with E-state index in [1.165, 1.54) is 0 Å². The second-order valence-electron chi connectivity index (χ2n) is 4.61. The third kappa shape index (κ3) is 3.72. The molecule has 0 fully saturated rings. The molecule has 2 rings (SSSR count). The minimum atomic E-state index is -0.958. The van der Waals surface area contributed by atoms with Crippen LogP contribution in [0, 0.1) is 13.8 Å². The lowest BCUT2D eigenvalue weighted by Gasteiger charge is -2.09. The number of aryl methyl sites for hydroxylation is 2. The quantitative estimate of drug-likeness (QED) is 0.845. The lowest BCUT2D eigenvalue weighted by atomic mass is 10.1. The number of hydrogen-bond acceptors (Lipinski definition) is 2. The molecule has 0 aromatic heterocycles. The maximum atomic E-state index is 10.4. The summed E-state index contributed by atoms with van der Waals surface area (Å²) in [6, 6.07) is 13.3. The molecule has 2 aromatic rings. The van der Waals surface area contributed by atoms with Crippen LogP contribution in [0.4, 0.5) is 0 Å². The molecular formula is C17H16O3. The number of aliphatic carboxylic acids is 1. The second-order valence-corrected chi connectivity index (χ2v) is 4.61. The van der Waals surface area contributed by atoms with Crippen LogP contribution in [0.3, 0.4) is 0 Å². The van der Waals surface area contributed by atoms with Gasteiger partial charge in [-0.05, 0) is 54.8 Å². The molecule has 0 saturated heterocycles. The molecule has 20 heavy (non-hydrogen) atoms. The van der Waals surface area contributed by atoms with E-state index in [1.54, 1.807) is 6.08 Å². The molecule has 102 valence electrons. The van der Waals surface area contributed by atoms with E-state index in [2.05, 4.69) is 0 Å². The molecule has 0 radical (unpaired) electrons. The van der Waals surface area contributed by atoms with Crippen molar-refractivity contribution in [2.75, 3.05) is 0 Å². The van der Waals surface area contributed by atoms with Gasteiger partial charge >= 0.3 is 5.97 Å². The highest BCUT2D eigenvalue weighted by molar-refractivity contribution is 5.85. The fraction of sp³-hybridized carbons (Fsp3) is 0.118. The largest absolute Gasteiger partial charge is 0.478 e. The lowest BCUT2D eigenvalue weighted by molar-refractivity contribution is -0.131. The van der Waals surface area contributed by atoms with Gasteiger partial charge in [-0.3, -0.25) is 0 Å². The first kappa shape index (κ1) is 13.9. The van der Waals surface area contributed by atoms with E-state index in [-0.39, 0.29) is 0 Å². The molecule has 1 N–H and O–H groups in total. The molecular weight excluding hydrogens is 252 g/mol. The van der Waals surface area contributed by atoms with Crippen molar-refractivity contribution in [1.29, 1.82) is 0 Å². The zero-order chi connectivity index (χ0) is 14.5. The summed E-state index contributed by atoms with van der Waals surface area (Å²) in [6.07, 6.45) is 2.66. The van der Waals surface area contributed by atoms with E-state index >= 15 is 0 Å². The average molecular weight is 268 g/mol. The Bertz CT molecular complexity index is 640. The summed E-state index contributed by atoms with van der Waals surface area (Å²) in [4.78, 5) is 10.4. The van der Waals surface area contributed by atoms with Gasteiger partial charge in [-0.15, -0.1) is 0 Å². The minimum Gasteiger partial charge on any atom is -0.478 e. The number of carboxylic acids is 1. The Balaban J connectivity index is 2.14. The maximum absolute atomic E-state index is 10.4. The fourth-order valence-corrected chi connectivity index (χ4v) is 1.76. The van der Waals surface area contributed by atoms with Crippen LogP contribution in [-0.4, -0.2) is 11.1 Å². The van der Waals surface area contributed by atoms with Gasteiger partial charge in [0.05, 0.1) is 0 Å². The van der Waals surface area contributed by atoms with Gasteiger partial charge in [-0.2, -0.15) is 0 Å². The molecule has 3 heteroatoms. The number of benzene rings is 2. The van der Waals surface area contributed by atoms with Crippen LogP contribution in [0.5, 0.6) is 11.5 Å². The number of hydrogen-bond donors (Lipinski definition) is 1. The first-order chi connectivity index (χ1) is 9.54. The van der Waals surface area contributed by atoms with Crippen LogP contribution >= 0.6 is 0 Å². The summed E-state index contributed by atoms with van der Waals surface area (Å²) >= 11 is 0. The van der Waals surface area contributed by atoms with Crippen molar-refractivity contribution in [3.63, 3.8) is 0 Å². The molecule has 0 atom stereocenters. The van der Waals surface area contributed by atoms with Crippen molar-refractivity contribution < 1.29 is 14.6 Å². The Morgan fingerprint density at radius 2 is 1.80 bits per heavy atom. The van der Waals surface area contributed by atoms with Crippen molar-refractivity contribution in [3.05, 3.63) is 65.2 Å². The van der Waals surface area contributed by atoms with E-state index in [4.69, 9.17) is 9.84 Å². The monoisotopic (exact) mass is 268 g/mol. The van der Waals surface area contributed by atoms with Crippen molar-refractivity contribution in [1.82, 2.24) is 0 Å². The zero-order valence-electron chi connectivity index (χ0n) is 11.5. The number of ether oxygens (including phenoxy) is 1. The Labute approximate surface area is 118 Å². The number of rotatable bonds is 4. The van der Waals surface area contributed by atoms with Crippen LogP contribution in [0.15, 0.2) is 48.5 Å². The first-order valence-electron chi connectivity index (χ1n) is 6.31. The molecule has 0 aliphatic heterocycles. The zero-order valence-corrected chi connectivity index (χ0v) is 11.5. The molecule has 2 aromatic carbocycles. The predicted octanol–water partition coefficient (Wildman–Crippen LogP) is 4.19. The van der Waals surface area contributed by atoms with Gasteiger partial charge in [0.1, 0.15) is 11.5 Å². The summed E-state index contributed by atoms with van der Waals surface area (Å²) in [6.45, 7) is 4.02. The summed E-state index contributed by atoms with van der Waals surface area (Å²) in [5, 5.41) is 8.57. The molecule has 0 heterocycles. The summed E-state index contributed by atoms with van der Waals surface area (Å²) in [7, 11) is 0. The smallest absolute Gasteiger partial charge is 0.328 e. The Hall–Kier alpha value is -2.55. The van der Waals surface area contributed by atoms with Crippen LogP contribution in [0.1, 0.15) is 16.7 Å². The molecule has 0 saturated carbocycles. The normalized spacial score (nSPS) is 10.7. The minimum absolute atomic E-state index is 0.728. The molecule has 3 nitrogen and oxygen atoms in total. The average Bonchev–Trinajstić information content (AvgIpc) is 2.42. The van der Waals surface area contributed by atoms with Crippen molar-refractivity contribution in [2.45, 2.75) is 13.8 Å². The van der Waals surface area contributed by atoms with Crippen molar-refractivity contribution >= 4 is 12.0 Å². The van der Waals surface area contributed by atoms with Gasteiger partial charge in [0.2, 0.25) is 0 Å². The SMILES string of the molecule is Cc1ccc(C)c(Oc2ccc(/C=C/C(=O)O)cc2)c1. The Kier molecular flexibility index (Phi) is 4.20. The van der Waals surface area contributed by atoms with Gasteiger partial charge in [-0.25, -0.2) is 4.79 Å². The topological polar surface area (TPSA) is 46.5 Å². The molecule has 0 spiro atoms.